The summed E-state index contributed by atoms with van der Waals surface area (Å²) in [6.45, 7) is 3.17. The molecule has 5 rings (SSSR count). The molecule has 24 heavy (non-hydrogen) atoms. The SMILES string of the molecule is c1c(N2CC(CNc3nc4c(s3)CCC4)C2)nnc2c1CCCC2. The van der Waals surface area contributed by atoms with Crippen molar-refractivity contribution in [3.05, 3.63) is 27.9 Å². The van der Waals surface area contributed by atoms with Crippen LogP contribution in [0, 0.1) is 5.92 Å². The molecule has 126 valence electrons. The third-order valence-electron chi connectivity index (χ3n) is 5.48. The fraction of sp³-hybridized carbons (Fsp3) is 0.611. The minimum atomic E-state index is 0.682. The van der Waals surface area contributed by atoms with E-state index in [1.807, 2.05) is 11.3 Å². The fourth-order valence-electron chi connectivity index (χ4n) is 4.02. The summed E-state index contributed by atoms with van der Waals surface area (Å²) in [5, 5.41) is 13.6. The molecule has 0 aromatic carbocycles. The van der Waals surface area contributed by atoms with Crippen LogP contribution in [0.25, 0.3) is 0 Å². The first kappa shape index (κ1) is 14.6. The van der Waals surface area contributed by atoms with Crippen molar-refractivity contribution >= 4 is 22.3 Å². The van der Waals surface area contributed by atoms with Gasteiger partial charge in [-0.25, -0.2) is 4.98 Å². The highest BCUT2D eigenvalue weighted by atomic mass is 32.1. The van der Waals surface area contributed by atoms with Crippen molar-refractivity contribution in [2.24, 2.45) is 5.92 Å². The quantitative estimate of drug-likeness (QED) is 0.927. The van der Waals surface area contributed by atoms with E-state index in [9.17, 15) is 0 Å². The molecule has 1 N–H and O–H groups in total. The van der Waals surface area contributed by atoms with E-state index in [1.54, 1.807) is 0 Å². The molecule has 0 amide bonds. The number of aromatic nitrogens is 3. The van der Waals surface area contributed by atoms with Crippen LogP contribution in [0.3, 0.4) is 0 Å². The Kier molecular flexibility index (Phi) is 3.65. The second-order valence-electron chi connectivity index (χ2n) is 7.28. The minimum Gasteiger partial charge on any atom is -0.361 e. The Hall–Kier alpha value is -1.69. The summed E-state index contributed by atoms with van der Waals surface area (Å²) in [7, 11) is 0. The van der Waals surface area contributed by atoms with Crippen molar-refractivity contribution in [3.63, 3.8) is 0 Å². The van der Waals surface area contributed by atoms with Crippen molar-refractivity contribution in [1.82, 2.24) is 15.2 Å². The number of nitrogens with one attached hydrogen (secondary N) is 1. The summed E-state index contributed by atoms with van der Waals surface area (Å²) >= 11 is 1.85. The maximum atomic E-state index is 4.72. The third kappa shape index (κ3) is 2.66. The van der Waals surface area contributed by atoms with Gasteiger partial charge in [0.15, 0.2) is 10.9 Å². The zero-order chi connectivity index (χ0) is 15.9. The van der Waals surface area contributed by atoms with Gasteiger partial charge in [0.1, 0.15) is 0 Å². The first-order valence-electron chi connectivity index (χ1n) is 9.18. The molecule has 3 heterocycles. The molecule has 0 radical (unpaired) electrons. The Morgan fingerprint density at radius 1 is 1.04 bits per heavy atom. The standard InChI is InChI=1S/C18H23N5S/c1-2-5-14-13(4-1)8-17(22-21-14)23-10-12(11-23)9-19-18-20-15-6-3-7-16(15)24-18/h8,12H,1-7,9-11H2,(H,19,20). The van der Waals surface area contributed by atoms with Gasteiger partial charge in [-0.3, -0.25) is 0 Å². The van der Waals surface area contributed by atoms with Crippen molar-refractivity contribution in [3.8, 4) is 0 Å². The highest BCUT2D eigenvalue weighted by Gasteiger charge is 2.29. The van der Waals surface area contributed by atoms with E-state index in [2.05, 4.69) is 26.5 Å². The largest absolute Gasteiger partial charge is 0.361 e. The zero-order valence-electron chi connectivity index (χ0n) is 13.9. The van der Waals surface area contributed by atoms with Gasteiger partial charge in [-0.2, -0.15) is 5.10 Å². The van der Waals surface area contributed by atoms with Crippen LogP contribution >= 0.6 is 11.3 Å². The van der Waals surface area contributed by atoms with Crippen LogP contribution in [0.15, 0.2) is 6.07 Å². The number of anilines is 2. The van der Waals surface area contributed by atoms with Gasteiger partial charge in [0.25, 0.3) is 0 Å². The Bertz CT molecular complexity index is 728. The predicted molar refractivity (Wildman–Crippen MR) is 97.0 cm³/mol. The lowest BCUT2D eigenvalue weighted by atomic mass is 9.95. The average molecular weight is 341 g/mol. The molecule has 2 aliphatic carbocycles. The molecule has 0 saturated carbocycles. The average Bonchev–Trinajstić information content (AvgIpc) is 3.14. The van der Waals surface area contributed by atoms with E-state index >= 15 is 0 Å². The van der Waals surface area contributed by atoms with Gasteiger partial charge < -0.3 is 10.2 Å². The van der Waals surface area contributed by atoms with Crippen LogP contribution < -0.4 is 10.2 Å². The maximum absolute atomic E-state index is 4.72. The Morgan fingerprint density at radius 2 is 1.92 bits per heavy atom. The number of thiazole rings is 1. The molecule has 0 spiro atoms. The van der Waals surface area contributed by atoms with Crippen LogP contribution in [0.4, 0.5) is 10.9 Å². The normalized spacial score (nSPS) is 19.8. The van der Waals surface area contributed by atoms with Gasteiger partial charge in [-0.1, -0.05) is 0 Å². The number of fused-ring (bicyclic) bond motifs is 2. The van der Waals surface area contributed by atoms with Gasteiger partial charge in [0, 0.05) is 30.4 Å². The summed E-state index contributed by atoms with van der Waals surface area (Å²) in [6.07, 6.45) is 8.51. The van der Waals surface area contributed by atoms with Crippen LogP contribution in [0.2, 0.25) is 0 Å². The van der Waals surface area contributed by atoms with Crippen molar-refractivity contribution in [2.45, 2.75) is 44.9 Å². The number of hydrogen-bond acceptors (Lipinski definition) is 6. The monoisotopic (exact) mass is 341 g/mol. The van der Waals surface area contributed by atoms with Crippen LogP contribution in [0.5, 0.6) is 0 Å². The second kappa shape index (κ2) is 5.99. The van der Waals surface area contributed by atoms with Crippen LogP contribution in [0.1, 0.15) is 41.1 Å². The molecular weight excluding hydrogens is 318 g/mol. The summed E-state index contributed by atoms with van der Waals surface area (Å²) in [4.78, 5) is 8.57. The summed E-state index contributed by atoms with van der Waals surface area (Å²) in [6, 6.07) is 2.27. The third-order valence-corrected chi connectivity index (χ3v) is 6.59. The summed E-state index contributed by atoms with van der Waals surface area (Å²) < 4.78 is 0. The van der Waals surface area contributed by atoms with Crippen molar-refractivity contribution < 1.29 is 0 Å². The second-order valence-corrected chi connectivity index (χ2v) is 8.36. The highest BCUT2D eigenvalue weighted by molar-refractivity contribution is 7.15. The van der Waals surface area contributed by atoms with E-state index in [0.717, 1.165) is 37.0 Å². The van der Waals surface area contributed by atoms with Crippen molar-refractivity contribution in [2.75, 3.05) is 29.9 Å². The molecule has 2 aromatic rings. The fourth-order valence-corrected chi connectivity index (χ4v) is 5.07. The molecular formula is C18H23N5S. The minimum absolute atomic E-state index is 0.682. The molecule has 5 nitrogen and oxygen atoms in total. The van der Waals surface area contributed by atoms with Crippen LogP contribution in [-0.2, 0) is 25.7 Å². The number of aryl methyl sites for hydroxylation is 4. The van der Waals surface area contributed by atoms with Gasteiger partial charge in [-0.05, 0) is 56.6 Å². The maximum Gasteiger partial charge on any atom is 0.183 e. The van der Waals surface area contributed by atoms with E-state index in [0.29, 0.717) is 5.92 Å². The Morgan fingerprint density at radius 3 is 2.83 bits per heavy atom. The first-order valence-corrected chi connectivity index (χ1v) is 10.00. The first-order chi connectivity index (χ1) is 11.8. The Balaban J connectivity index is 1.15. The lowest BCUT2D eigenvalue weighted by Crippen LogP contribution is -2.50. The topological polar surface area (TPSA) is 53.9 Å². The van der Waals surface area contributed by atoms with E-state index < -0.39 is 0 Å². The van der Waals surface area contributed by atoms with Gasteiger partial charge in [0.2, 0.25) is 0 Å². The molecule has 3 aliphatic rings. The molecule has 0 unspecified atom stereocenters. The number of hydrogen-bond donors (Lipinski definition) is 1. The lowest BCUT2D eigenvalue weighted by molar-refractivity contribution is 0.424. The molecule has 6 heteroatoms. The van der Waals surface area contributed by atoms with Crippen LogP contribution in [-0.4, -0.2) is 34.8 Å². The van der Waals surface area contributed by atoms with E-state index in [-0.39, 0.29) is 0 Å². The summed E-state index contributed by atoms with van der Waals surface area (Å²) in [5.74, 6) is 1.75. The van der Waals surface area contributed by atoms with E-state index in [4.69, 9.17) is 4.98 Å². The summed E-state index contributed by atoms with van der Waals surface area (Å²) in [5.41, 5.74) is 3.98. The Labute approximate surface area is 146 Å². The van der Waals surface area contributed by atoms with E-state index in [1.165, 1.54) is 60.4 Å². The van der Waals surface area contributed by atoms with Gasteiger partial charge in [0.05, 0.1) is 11.4 Å². The number of nitrogens with zero attached hydrogens (tertiary/aromatic N) is 4. The lowest BCUT2D eigenvalue weighted by Gasteiger charge is -2.40. The highest BCUT2D eigenvalue weighted by Crippen LogP contribution is 2.31. The number of rotatable bonds is 4. The van der Waals surface area contributed by atoms with Gasteiger partial charge >= 0.3 is 0 Å². The molecule has 1 saturated heterocycles. The predicted octanol–water partition coefficient (Wildman–Crippen LogP) is 2.85. The smallest absolute Gasteiger partial charge is 0.183 e. The molecule has 1 fully saturated rings. The van der Waals surface area contributed by atoms with Crippen molar-refractivity contribution in [1.29, 1.82) is 0 Å². The molecule has 2 aromatic heterocycles. The zero-order valence-corrected chi connectivity index (χ0v) is 14.7. The molecule has 0 atom stereocenters. The van der Waals surface area contributed by atoms with Gasteiger partial charge in [-0.15, -0.1) is 16.4 Å². The molecule has 0 bridgehead atoms. The molecule has 1 aliphatic heterocycles.